The van der Waals surface area contributed by atoms with E-state index in [-0.39, 0.29) is 24.2 Å². The summed E-state index contributed by atoms with van der Waals surface area (Å²) in [6, 6.07) is 15.7. The topological polar surface area (TPSA) is 61.0 Å². The number of nitrogens with zero attached hydrogens (tertiary/aromatic N) is 2. The Morgan fingerprint density at radius 2 is 2.04 bits per heavy atom. The van der Waals surface area contributed by atoms with Gasteiger partial charge in [0, 0.05) is 30.2 Å². The number of halogens is 2. The Balaban J connectivity index is 1.35. The third kappa shape index (κ3) is 4.17. The number of anilines is 1. The number of nitrogens with one attached hydrogen (secondary N) is 2. The Bertz CT molecular complexity index is 973. The summed E-state index contributed by atoms with van der Waals surface area (Å²) in [6.45, 7) is 1.51. The van der Waals surface area contributed by atoms with Gasteiger partial charge in [-0.15, -0.1) is 0 Å². The molecule has 0 unspecified atom stereocenters. The van der Waals surface area contributed by atoms with Crippen LogP contribution in [0.3, 0.4) is 0 Å². The van der Waals surface area contributed by atoms with Gasteiger partial charge in [0.15, 0.2) is 5.82 Å². The fourth-order valence-corrected chi connectivity index (χ4v) is 3.63. The summed E-state index contributed by atoms with van der Waals surface area (Å²) in [5.41, 5.74) is 2.54. The van der Waals surface area contributed by atoms with Gasteiger partial charge in [0.2, 0.25) is 5.91 Å². The van der Waals surface area contributed by atoms with E-state index in [0.717, 1.165) is 35.6 Å². The van der Waals surface area contributed by atoms with Gasteiger partial charge in [0.1, 0.15) is 5.82 Å². The van der Waals surface area contributed by atoms with Gasteiger partial charge in [-0.3, -0.25) is 9.89 Å². The molecule has 1 amide bonds. The molecule has 1 aliphatic heterocycles. The van der Waals surface area contributed by atoms with Crippen molar-refractivity contribution in [2.24, 2.45) is 0 Å². The summed E-state index contributed by atoms with van der Waals surface area (Å²) < 4.78 is 13.1. The maximum atomic E-state index is 13.1. The van der Waals surface area contributed by atoms with E-state index in [1.807, 2.05) is 24.3 Å². The second-order valence-corrected chi connectivity index (χ2v) is 7.32. The molecule has 5 nitrogen and oxygen atoms in total. The van der Waals surface area contributed by atoms with Gasteiger partial charge in [-0.2, -0.15) is 5.10 Å². The fraction of sp³-hybridized carbons (Fsp3) is 0.238. The summed E-state index contributed by atoms with van der Waals surface area (Å²) in [5.74, 6) is 0.523. The predicted molar refractivity (Wildman–Crippen MR) is 108 cm³/mol. The van der Waals surface area contributed by atoms with Gasteiger partial charge in [-0.05, 0) is 47.9 Å². The van der Waals surface area contributed by atoms with Crippen LogP contribution in [0.2, 0.25) is 5.02 Å². The zero-order valence-corrected chi connectivity index (χ0v) is 15.9. The van der Waals surface area contributed by atoms with Gasteiger partial charge in [0.25, 0.3) is 0 Å². The van der Waals surface area contributed by atoms with Crippen LogP contribution >= 0.6 is 11.6 Å². The molecule has 0 aliphatic carbocycles. The van der Waals surface area contributed by atoms with E-state index in [2.05, 4.69) is 20.4 Å². The highest BCUT2D eigenvalue weighted by Crippen LogP contribution is 2.25. The summed E-state index contributed by atoms with van der Waals surface area (Å²) in [6.07, 6.45) is 1.13. The number of aromatic nitrogens is 2. The van der Waals surface area contributed by atoms with Crippen molar-refractivity contribution in [2.45, 2.75) is 18.9 Å². The molecule has 4 rings (SSSR count). The first-order valence-electron chi connectivity index (χ1n) is 9.17. The van der Waals surface area contributed by atoms with Gasteiger partial charge in [0.05, 0.1) is 12.1 Å². The lowest BCUT2D eigenvalue weighted by atomic mass is 10.1. The van der Waals surface area contributed by atoms with E-state index in [1.54, 1.807) is 18.2 Å². The molecule has 0 bridgehead atoms. The highest BCUT2D eigenvalue weighted by molar-refractivity contribution is 6.31. The average molecular weight is 399 g/mol. The van der Waals surface area contributed by atoms with Crippen LogP contribution < -0.4 is 10.2 Å². The molecule has 0 spiro atoms. The van der Waals surface area contributed by atoms with Crippen molar-refractivity contribution in [1.82, 2.24) is 15.5 Å². The molecule has 28 heavy (non-hydrogen) atoms. The van der Waals surface area contributed by atoms with Gasteiger partial charge >= 0.3 is 0 Å². The Morgan fingerprint density at radius 3 is 2.82 bits per heavy atom. The van der Waals surface area contributed by atoms with E-state index in [4.69, 9.17) is 11.6 Å². The maximum Gasteiger partial charge on any atom is 0.224 e. The highest BCUT2D eigenvalue weighted by Gasteiger charge is 2.25. The maximum absolute atomic E-state index is 13.1. The highest BCUT2D eigenvalue weighted by atomic mass is 35.5. The summed E-state index contributed by atoms with van der Waals surface area (Å²) in [7, 11) is 0. The number of benzene rings is 2. The molecule has 0 radical (unpaired) electrons. The average Bonchev–Trinajstić information content (AvgIpc) is 3.34. The number of amides is 1. The normalized spacial score (nSPS) is 16.4. The molecule has 1 aromatic heterocycles. The molecule has 1 saturated heterocycles. The lowest BCUT2D eigenvalue weighted by molar-refractivity contribution is -0.121. The number of carbonyl (C=O) groups is 1. The quantitative estimate of drug-likeness (QED) is 0.687. The minimum absolute atomic E-state index is 0.0334. The predicted octanol–water partition coefficient (Wildman–Crippen LogP) is 3.81. The van der Waals surface area contributed by atoms with Crippen molar-refractivity contribution in [3.05, 3.63) is 71.0 Å². The van der Waals surface area contributed by atoms with E-state index in [9.17, 15) is 9.18 Å². The Hall–Kier alpha value is -2.86. The van der Waals surface area contributed by atoms with Crippen LogP contribution in [0, 0.1) is 5.82 Å². The molecular formula is C21H20ClFN4O. The second-order valence-electron chi connectivity index (χ2n) is 6.91. The van der Waals surface area contributed by atoms with Crippen molar-refractivity contribution in [2.75, 3.05) is 18.0 Å². The number of rotatable bonds is 5. The number of H-pyrrole nitrogens is 1. The van der Waals surface area contributed by atoms with Crippen LogP contribution in [0.5, 0.6) is 0 Å². The van der Waals surface area contributed by atoms with Crippen LogP contribution in [0.15, 0.2) is 54.6 Å². The largest absolute Gasteiger partial charge is 0.353 e. The van der Waals surface area contributed by atoms with Gasteiger partial charge < -0.3 is 10.2 Å². The number of hydrogen-bond donors (Lipinski definition) is 2. The van der Waals surface area contributed by atoms with Gasteiger partial charge in [-0.1, -0.05) is 29.8 Å². The standard InChI is InChI=1S/C21H20ClFN4O/c22-18-4-2-1-3-15(18)11-21(28)24-17-9-10-27(13-17)20-12-19(25-26-20)14-5-7-16(23)8-6-14/h1-8,12,17H,9-11,13H2,(H,24,28)(H,25,26)/t17-/m0/s1. The molecular weight excluding hydrogens is 379 g/mol. The molecule has 1 fully saturated rings. The SMILES string of the molecule is O=C(Cc1ccccc1Cl)N[C@H]1CCN(c2cc(-c3ccc(F)cc3)[nH]n2)C1. The van der Waals surface area contributed by atoms with Crippen LogP contribution in [0.1, 0.15) is 12.0 Å². The van der Waals surface area contributed by atoms with E-state index >= 15 is 0 Å². The number of aromatic amines is 1. The summed E-state index contributed by atoms with van der Waals surface area (Å²) in [5, 5.41) is 11.1. The van der Waals surface area contributed by atoms with Crippen molar-refractivity contribution in [1.29, 1.82) is 0 Å². The molecule has 0 saturated carbocycles. The zero-order chi connectivity index (χ0) is 19.5. The lowest BCUT2D eigenvalue weighted by Crippen LogP contribution is -2.38. The molecule has 144 valence electrons. The first-order chi connectivity index (χ1) is 13.6. The smallest absolute Gasteiger partial charge is 0.224 e. The van der Waals surface area contributed by atoms with E-state index in [0.29, 0.717) is 11.6 Å². The van der Waals surface area contributed by atoms with E-state index < -0.39 is 0 Å². The van der Waals surface area contributed by atoms with Crippen molar-refractivity contribution >= 4 is 23.3 Å². The molecule has 1 atom stereocenters. The summed E-state index contributed by atoms with van der Waals surface area (Å²) in [4.78, 5) is 14.5. The number of carbonyl (C=O) groups excluding carboxylic acids is 1. The minimum Gasteiger partial charge on any atom is -0.353 e. The lowest BCUT2D eigenvalue weighted by Gasteiger charge is -2.16. The van der Waals surface area contributed by atoms with Gasteiger partial charge in [-0.25, -0.2) is 4.39 Å². The van der Waals surface area contributed by atoms with Crippen molar-refractivity contribution in [3.8, 4) is 11.3 Å². The third-order valence-electron chi connectivity index (χ3n) is 4.91. The monoisotopic (exact) mass is 398 g/mol. The fourth-order valence-electron chi connectivity index (χ4n) is 3.43. The molecule has 7 heteroatoms. The Kier molecular flexibility index (Phi) is 5.30. The van der Waals surface area contributed by atoms with Crippen LogP contribution in [0.4, 0.5) is 10.2 Å². The second kappa shape index (κ2) is 8.02. The first-order valence-corrected chi connectivity index (χ1v) is 9.55. The zero-order valence-electron chi connectivity index (χ0n) is 15.2. The molecule has 2 heterocycles. The van der Waals surface area contributed by atoms with Crippen molar-refractivity contribution in [3.63, 3.8) is 0 Å². The molecule has 2 N–H and O–H groups in total. The number of hydrogen-bond acceptors (Lipinski definition) is 3. The van der Waals surface area contributed by atoms with Crippen LogP contribution in [-0.2, 0) is 11.2 Å². The Labute approximate surface area is 167 Å². The first kappa shape index (κ1) is 18.5. The minimum atomic E-state index is -0.265. The van der Waals surface area contributed by atoms with E-state index in [1.165, 1.54) is 12.1 Å². The molecule has 1 aliphatic rings. The van der Waals surface area contributed by atoms with Crippen molar-refractivity contribution < 1.29 is 9.18 Å². The Morgan fingerprint density at radius 1 is 1.25 bits per heavy atom. The molecule has 2 aromatic carbocycles. The van der Waals surface area contributed by atoms with Crippen LogP contribution in [0.25, 0.3) is 11.3 Å². The summed E-state index contributed by atoms with van der Waals surface area (Å²) >= 11 is 6.13. The third-order valence-corrected chi connectivity index (χ3v) is 5.27. The molecule has 3 aromatic rings. The van der Waals surface area contributed by atoms with Crippen LogP contribution in [-0.4, -0.2) is 35.2 Å².